The Morgan fingerprint density at radius 2 is 1.39 bits per heavy atom. The lowest BCUT2D eigenvalue weighted by Gasteiger charge is -2.44. The number of halogens is 2. The van der Waals surface area contributed by atoms with E-state index in [1.54, 1.807) is 4.90 Å². The summed E-state index contributed by atoms with van der Waals surface area (Å²) in [5.41, 5.74) is -0.971. The summed E-state index contributed by atoms with van der Waals surface area (Å²) in [6.07, 6.45) is 4.09. The van der Waals surface area contributed by atoms with E-state index >= 15 is 0 Å². The first-order valence-electron chi connectivity index (χ1n) is 15.8. The molecule has 41 heavy (non-hydrogen) atoms. The Labute approximate surface area is 243 Å². The maximum atomic E-state index is 13.8. The first-order valence-corrected chi connectivity index (χ1v) is 15.8. The predicted octanol–water partition coefficient (Wildman–Crippen LogP) is 2.46. The molecule has 0 N–H and O–H groups in total. The van der Waals surface area contributed by atoms with Crippen LogP contribution in [0.2, 0.25) is 0 Å². The molecule has 2 amide bonds. The Balaban J connectivity index is 1.17. The second kappa shape index (κ2) is 13.6. The second-order valence-electron chi connectivity index (χ2n) is 12.9. The fourth-order valence-electron chi connectivity index (χ4n) is 7.37. The zero-order valence-corrected chi connectivity index (χ0v) is 24.4. The van der Waals surface area contributed by atoms with E-state index in [9.17, 15) is 23.6 Å². The van der Waals surface area contributed by atoms with E-state index in [-0.39, 0.29) is 49.6 Å². The molecular weight excluding hydrogens is 532 g/mol. The van der Waals surface area contributed by atoms with Gasteiger partial charge in [-0.15, -0.1) is 0 Å². The SMILES string of the molecule is N#CC1(C(=O)N2CCC([C@H](CN3CCOCC3)C(=O)N3CCC(F)(F)CC3)CC2)CCN(CC2CCOCC2)CC1. The summed E-state index contributed by atoms with van der Waals surface area (Å²) in [5, 5.41) is 10.2. The number of carbonyl (C=O) groups excluding carboxylic acids is 2. The van der Waals surface area contributed by atoms with Gasteiger partial charge in [0.25, 0.3) is 5.92 Å². The summed E-state index contributed by atoms with van der Waals surface area (Å²) in [5.74, 6) is -2.35. The Kier molecular flexibility index (Phi) is 10.2. The van der Waals surface area contributed by atoms with Gasteiger partial charge in [0.1, 0.15) is 5.41 Å². The van der Waals surface area contributed by atoms with Crippen LogP contribution in [0.3, 0.4) is 0 Å². The molecular formula is C30H47F2N5O4. The van der Waals surface area contributed by atoms with Crippen molar-refractivity contribution in [3.63, 3.8) is 0 Å². The summed E-state index contributed by atoms with van der Waals surface area (Å²) < 4.78 is 38.6. The summed E-state index contributed by atoms with van der Waals surface area (Å²) in [6.45, 7) is 8.81. The van der Waals surface area contributed by atoms with Crippen molar-refractivity contribution >= 4 is 11.8 Å². The van der Waals surface area contributed by atoms with Gasteiger partial charge < -0.3 is 24.2 Å². The maximum absolute atomic E-state index is 13.8. The van der Waals surface area contributed by atoms with E-state index in [1.807, 2.05) is 4.90 Å². The average Bonchev–Trinajstić information content (AvgIpc) is 3.01. The van der Waals surface area contributed by atoms with Gasteiger partial charge in [0.05, 0.1) is 25.2 Å². The quantitative estimate of drug-likeness (QED) is 0.458. The Morgan fingerprint density at radius 3 is 2.00 bits per heavy atom. The number of amides is 2. The lowest BCUT2D eigenvalue weighted by molar-refractivity contribution is -0.147. The molecule has 0 aromatic carbocycles. The second-order valence-corrected chi connectivity index (χ2v) is 12.9. The molecule has 0 saturated carbocycles. The van der Waals surface area contributed by atoms with Crippen LogP contribution in [0, 0.1) is 34.5 Å². The zero-order valence-electron chi connectivity index (χ0n) is 24.4. The average molecular weight is 580 g/mol. The van der Waals surface area contributed by atoms with Crippen molar-refractivity contribution in [1.29, 1.82) is 5.26 Å². The van der Waals surface area contributed by atoms with Gasteiger partial charge in [0, 0.05) is 91.5 Å². The molecule has 5 saturated heterocycles. The van der Waals surface area contributed by atoms with Crippen molar-refractivity contribution in [3.05, 3.63) is 0 Å². The first kappa shape index (κ1) is 30.6. The number of piperidine rings is 3. The van der Waals surface area contributed by atoms with E-state index in [4.69, 9.17) is 9.47 Å². The molecule has 0 aliphatic carbocycles. The molecule has 0 spiro atoms. The van der Waals surface area contributed by atoms with E-state index in [0.717, 1.165) is 58.8 Å². The summed E-state index contributed by atoms with van der Waals surface area (Å²) in [6, 6.07) is 2.42. The predicted molar refractivity (Wildman–Crippen MR) is 148 cm³/mol. The maximum Gasteiger partial charge on any atom is 0.251 e. The number of likely N-dealkylation sites (tertiary alicyclic amines) is 3. The van der Waals surface area contributed by atoms with Gasteiger partial charge in [-0.1, -0.05) is 0 Å². The molecule has 1 atom stereocenters. The van der Waals surface area contributed by atoms with Crippen molar-refractivity contribution in [3.8, 4) is 6.07 Å². The van der Waals surface area contributed by atoms with E-state index in [2.05, 4.69) is 15.9 Å². The number of carbonyl (C=O) groups is 2. The minimum absolute atomic E-state index is 0.0258. The molecule has 0 aromatic rings. The van der Waals surface area contributed by atoms with Crippen LogP contribution in [-0.2, 0) is 19.1 Å². The molecule has 0 unspecified atom stereocenters. The van der Waals surface area contributed by atoms with Crippen LogP contribution >= 0.6 is 0 Å². The third kappa shape index (κ3) is 7.56. The third-order valence-electron chi connectivity index (χ3n) is 10.3. The zero-order chi connectivity index (χ0) is 28.9. The van der Waals surface area contributed by atoms with Crippen LogP contribution in [0.5, 0.6) is 0 Å². The minimum Gasteiger partial charge on any atom is -0.381 e. The van der Waals surface area contributed by atoms with E-state index in [1.165, 1.54) is 0 Å². The molecule has 5 aliphatic heterocycles. The largest absolute Gasteiger partial charge is 0.381 e. The van der Waals surface area contributed by atoms with E-state index < -0.39 is 11.3 Å². The highest BCUT2D eigenvalue weighted by molar-refractivity contribution is 5.86. The topological polar surface area (TPSA) is 89.4 Å². The third-order valence-corrected chi connectivity index (χ3v) is 10.3. The first-order chi connectivity index (χ1) is 19.8. The molecule has 230 valence electrons. The number of morpholine rings is 1. The number of ether oxygens (including phenoxy) is 2. The number of nitrogens with zero attached hydrogens (tertiary/aromatic N) is 5. The van der Waals surface area contributed by atoms with Gasteiger partial charge in [-0.3, -0.25) is 14.5 Å². The van der Waals surface area contributed by atoms with Gasteiger partial charge in [-0.2, -0.15) is 5.26 Å². The molecule has 5 fully saturated rings. The standard InChI is InChI=1S/C30H47F2N5O4/c31-30(32)7-13-36(14-8-30)27(38)26(22-35-15-19-41-20-16-35)25-1-9-37(10-2-25)28(39)29(23-33)5-11-34(12-6-29)21-24-3-17-40-18-4-24/h24-26H,1-22H2/t26-/m0/s1. The smallest absolute Gasteiger partial charge is 0.251 e. The highest BCUT2D eigenvalue weighted by Crippen LogP contribution is 2.37. The molecule has 5 rings (SSSR count). The summed E-state index contributed by atoms with van der Waals surface area (Å²) >= 11 is 0. The van der Waals surface area contributed by atoms with Crippen LogP contribution in [0.25, 0.3) is 0 Å². The van der Waals surface area contributed by atoms with Crippen molar-refractivity contribution in [2.24, 2.45) is 23.2 Å². The minimum atomic E-state index is -2.69. The van der Waals surface area contributed by atoms with Crippen molar-refractivity contribution < 1.29 is 27.8 Å². The fourth-order valence-corrected chi connectivity index (χ4v) is 7.37. The number of rotatable bonds is 7. The molecule has 9 nitrogen and oxygen atoms in total. The number of hydrogen-bond acceptors (Lipinski definition) is 7. The van der Waals surface area contributed by atoms with Crippen LogP contribution in [-0.4, -0.2) is 129 Å². The van der Waals surface area contributed by atoms with Crippen LogP contribution in [0.15, 0.2) is 0 Å². The normalized spacial score (nSPS) is 27.7. The Hall–Kier alpha value is -1.87. The molecule has 0 aromatic heterocycles. The summed E-state index contributed by atoms with van der Waals surface area (Å²) in [7, 11) is 0. The highest BCUT2D eigenvalue weighted by Gasteiger charge is 2.46. The Morgan fingerprint density at radius 1 is 0.780 bits per heavy atom. The molecule has 11 heteroatoms. The number of alkyl halides is 2. The van der Waals surface area contributed by atoms with Crippen LogP contribution < -0.4 is 0 Å². The van der Waals surface area contributed by atoms with Crippen LogP contribution in [0.1, 0.15) is 51.4 Å². The summed E-state index contributed by atoms with van der Waals surface area (Å²) in [4.78, 5) is 35.6. The molecule has 5 heterocycles. The Bertz CT molecular complexity index is 924. The van der Waals surface area contributed by atoms with Crippen molar-refractivity contribution in [2.45, 2.75) is 57.3 Å². The monoisotopic (exact) mass is 579 g/mol. The van der Waals surface area contributed by atoms with Crippen molar-refractivity contribution in [1.82, 2.24) is 19.6 Å². The molecule has 0 bridgehead atoms. The lowest BCUT2D eigenvalue weighted by Crippen LogP contribution is -2.54. The number of nitriles is 1. The van der Waals surface area contributed by atoms with Gasteiger partial charge in [0.15, 0.2) is 0 Å². The van der Waals surface area contributed by atoms with E-state index in [0.29, 0.717) is 64.4 Å². The van der Waals surface area contributed by atoms with Gasteiger partial charge in [-0.05, 0) is 50.4 Å². The number of hydrogen-bond donors (Lipinski definition) is 0. The fraction of sp³-hybridized carbons (Fsp3) is 0.900. The van der Waals surface area contributed by atoms with Gasteiger partial charge in [0.2, 0.25) is 11.8 Å². The highest BCUT2D eigenvalue weighted by atomic mass is 19.3. The molecule has 5 aliphatic rings. The lowest BCUT2D eigenvalue weighted by atomic mass is 9.76. The molecule has 0 radical (unpaired) electrons. The van der Waals surface area contributed by atoms with Crippen molar-refractivity contribution in [2.75, 3.05) is 91.9 Å². The van der Waals surface area contributed by atoms with Crippen LogP contribution in [0.4, 0.5) is 8.78 Å². The van der Waals surface area contributed by atoms with Gasteiger partial charge in [-0.25, -0.2) is 8.78 Å². The van der Waals surface area contributed by atoms with Gasteiger partial charge >= 0.3 is 0 Å².